The van der Waals surface area contributed by atoms with Crippen molar-refractivity contribution in [2.45, 2.75) is 39.2 Å². The number of carbonyl (C=O) groups excluding carboxylic acids is 1. The molecule has 3 heteroatoms. The van der Waals surface area contributed by atoms with Gasteiger partial charge in [0, 0.05) is 12.6 Å². The maximum atomic E-state index is 11.8. The molecule has 0 aromatic heterocycles. The molecular formula is C14H21NO2. The van der Waals surface area contributed by atoms with Crippen LogP contribution in [0.1, 0.15) is 30.9 Å². The first-order valence-electron chi connectivity index (χ1n) is 6.12. The standard InChI is InChI=1S/C14H21NO2/c1-3-13(8-9-16)15-14(17)10-12-7-5-4-6-11(12)2/h4-7,13,16H,3,8-10H2,1-2H3,(H,15,17). The SMILES string of the molecule is CCC(CCO)NC(=O)Cc1ccccc1C. The van der Waals surface area contributed by atoms with Gasteiger partial charge in [0.05, 0.1) is 6.42 Å². The number of carbonyl (C=O) groups is 1. The Bertz CT molecular complexity index is 363. The largest absolute Gasteiger partial charge is 0.396 e. The Labute approximate surface area is 103 Å². The molecule has 1 atom stereocenters. The molecule has 0 aliphatic rings. The van der Waals surface area contributed by atoms with E-state index < -0.39 is 0 Å². The fourth-order valence-corrected chi connectivity index (χ4v) is 1.79. The van der Waals surface area contributed by atoms with Gasteiger partial charge in [-0.3, -0.25) is 4.79 Å². The smallest absolute Gasteiger partial charge is 0.224 e. The minimum Gasteiger partial charge on any atom is -0.396 e. The van der Waals surface area contributed by atoms with Crippen LogP contribution in [0.25, 0.3) is 0 Å². The number of hydrogen-bond donors (Lipinski definition) is 2. The molecule has 3 nitrogen and oxygen atoms in total. The van der Waals surface area contributed by atoms with Gasteiger partial charge in [0.15, 0.2) is 0 Å². The molecule has 1 amide bonds. The highest BCUT2D eigenvalue weighted by Gasteiger charge is 2.10. The molecule has 0 aliphatic heterocycles. The third kappa shape index (κ3) is 4.57. The number of aliphatic hydroxyl groups excluding tert-OH is 1. The van der Waals surface area contributed by atoms with Crippen LogP contribution in [0.5, 0.6) is 0 Å². The third-order valence-corrected chi connectivity index (χ3v) is 2.95. The molecule has 0 bridgehead atoms. The van der Waals surface area contributed by atoms with Crippen LogP contribution >= 0.6 is 0 Å². The van der Waals surface area contributed by atoms with E-state index in [-0.39, 0.29) is 18.6 Å². The average Bonchev–Trinajstić information content (AvgIpc) is 2.31. The van der Waals surface area contributed by atoms with Crippen LogP contribution in [0.3, 0.4) is 0 Å². The van der Waals surface area contributed by atoms with Crippen molar-refractivity contribution < 1.29 is 9.90 Å². The number of benzene rings is 1. The highest BCUT2D eigenvalue weighted by Crippen LogP contribution is 2.08. The summed E-state index contributed by atoms with van der Waals surface area (Å²) in [6.45, 7) is 4.13. The van der Waals surface area contributed by atoms with Crippen molar-refractivity contribution in [2.75, 3.05) is 6.61 Å². The van der Waals surface area contributed by atoms with Crippen molar-refractivity contribution in [1.29, 1.82) is 0 Å². The molecule has 1 unspecified atom stereocenters. The maximum absolute atomic E-state index is 11.8. The Morgan fingerprint density at radius 3 is 2.71 bits per heavy atom. The zero-order chi connectivity index (χ0) is 12.7. The molecule has 17 heavy (non-hydrogen) atoms. The lowest BCUT2D eigenvalue weighted by Gasteiger charge is -2.16. The molecule has 0 saturated heterocycles. The van der Waals surface area contributed by atoms with Gasteiger partial charge < -0.3 is 10.4 Å². The van der Waals surface area contributed by atoms with Crippen LogP contribution < -0.4 is 5.32 Å². The molecule has 0 aliphatic carbocycles. The van der Waals surface area contributed by atoms with Gasteiger partial charge in [-0.15, -0.1) is 0 Å². The molecule has 94 valence electrons. The van der Waals surface area contributed by atoms with E-state index in [4.69, 9.17) is 5.11 Å². The summed E-state index contributed by atoms with van der Waals surface area (Å²) in [7, 11) is 0. The summed E-state index contributed by atoms with van der Waals surface area (Å²) in [5.41, 5.74) is 2.20. The molecule has 1 rings (SSSR count). The summed E-state index contributed by atoms with van der Waals surface area (Å²) in [6.07, 6.45) is 1.88. The zero-order valence-electron chi connectivity index (χ0n) is 10.6. The fourth-order valence-electron chi connectivity index (χ4n) is 1.79. The molecule has 0 spiro atoms. The number of nitrogens with one attached hydrogen (secondary N) is 1. The highest BCUT2D eigenvalue weighted by atomic mass is 16.3. The number of aryl methyl sites for hydroxylation is 1. The van der Waals surface area contributed by atoms with Crippen molar-refractivity contribution in [1.82, 2.24) is 5.32 Å². The third-order valence-electron chi connectivity index (χ3n) is 2.95. The van der Waals surface area contributed by atoms with Gasteiger partial charge >= 0.3 is 0 Å². The Kier molecular flexibility index (Phi) is 5.70. The first kappa shape index (κ1) is 13.7. The van der Waals surface area contributed by atoms with Crippen LogP contribution in [0.4, 0.5) is 0 Å². The summed E-state index contributed by atoms with van der Waals surface area (Å²) in [4.78, 5) is 11.8. The normalized spacial score (nSPS) is 12.2. The minimum absolute atomic E-state index is 0.0274. The first-order valence-corrected chi connectivity index (χ1v) is 6.12. The zero-order valence-corrected chi connectivity index (χ0v) is 10.6. The molecule has 1 aromatic carbocycles. The monoisotopic (exact) mass is 235 g/mol. The van der Waals surface area contributed by atoms with E-state index in [0.29, 0.717) is 12.8 Å². The van der Waals surface area contributed by atoms with Gasteiger partial charge in [-0.25, -0.2) is 0 Å². The van der Waals surface area contributed by atoms with Crippen LogP contribution in [0.15, 0.2) is 24.3 Å². The lowest BCUT2D eigenvalue weighted by Crippen LogP contribution is -2.36. The van der Waals surface area contributed by atoms with Crippen molar-refractivity contribution in [3.05, 3.63) is 35.4 Å². The van der Waals surface area contributed by atoms with Gasteiger partial charge in [0.2, 0.25) is 5.91 Å². The fraction of sp³-hybridized carbons (Fsp3) is 0.500. The minimum atomic E-state index is 0.0274. The lowest BCUT2D eigenvalue weighted by molar-refractivity contribution is -0.121. The van der Waals surface area contributed by atoms with Crippen molar-refractivity contribution in [3.8, 4) is 0 Å². The second kappa shape index (κ2) is 7.07. The van der Waals surface area contributed by atoms with E-state index in [0.717, 1.165) is 17.5 Å². The van der Waals surface area contributed by atoms with E-state index in [9.17, 15) is 4.79 Å². The number of rotatable bonds is 6. The Balaban J connectivity index is 2.52. The highest BCUT2D eigenvalue weighted by molar-refractivity contribution is 5.79. The van der Waals surface area contributed by atoms with Crippen molar-refractivity contribution in [3.63, 3.8) is 0 Å². The first-order chi connectivity index (χ1) is 8.17. The van der Waals surface area contributed by atoms with Gasteiger partial charge in [-0.1, -0.05) is 31.2 Å². The Morgan fingerprint density at radius 1 is 1.41 bits per heavy atom. The van der Waals surface area contributed by atoms with Crippen LogP contribution in [-0.2, 0) is 11.2 Å². The van der Waals surface area contributed by atoms with Crippen LogP contribution in [0, 0.1) is 6.92 Å². The second-order valence-electron chi connectivity index (χ2n) is 4.29. The van der Waals surface area contributed by atoms with Gasteiger partial charge in [-0.2, -0.15) is 0 Å². The van der Waals surface area contributed by atoms with E-state index in [1.807, 2.05) is 38.1 Å². The molecule has 0 fully saturated rings. The van der Waals surface area contributed by atoms with E-state index >= 15 is 0 Å². The number of amides is 1. The van der Waals surface area contributed by atoms with Gasteiger partial charge in [0.25, 0.3) is 0 Å². The summed E-state index contributed by atoms with van der Waals surface area (Å²) in [6, 6.07) is 7.98. The summed E-state index contributed by atoms with van der Waals surface area (Å²) in [5.74, 6) is 0.0274. The second-order valence-corrected chi connectivity index (χ2v) is 4.29. The topological polar surface area (TPSA) is 49.3 Å². The van der Waals surface area contributed by atoms with Crippen LogP contribution in [0.2, 0.25) is 0 Å². The molecule has 1 aromatic rings. The molecular weight excluding hydrogens is 214 g/mol. The Hall–Kier alpha value is -1.35. The van der Waals surface area contributed by atoms with Crippen LogP contribution in [-0.4, -0.2) is 23.7 Å². The summed E-state index contributed by atoms with van der Waals surface area (Å²) >= 11 is 0. The predicted molar refractivity (Wildman–Crippen MR) is 68.8 cm³/mol. The van der Waals surface area contributed by atoms with E-state index in [1.165, 1.54) is 0 Å². The molecule has 2 N–H and O–H groups in total. The van der Waals surface area contributed by atoms with E-state index in [1.54, 1.807) is 0 Å². The maximum Gasteiger partial charge on any atom is 0.224 e. The van der Waals surface area contributed by atoms with Crippen molar-refractivity contribution in [2.24, 2.45) is 0 Å². The number of aliphatic hydroxyl groups is 1. The average molecular weight is 235 g/mol. The number of hydrogen-bond acceptors (Lipinski definition) is 2. The molecule has 0 radical (unpaired) electrons. The summed E-state index contributed by atoms with van der Waals surface area (Å²) < 4.78 is 0. The predicted octanol–water partition coefficient (Wildman–Crippen LogP) is 1.81. The summed E-state index contributed by atoms with van der Waals surface area (Å²) in [5, 5.41) is 11.8. The van der Waals surface area contributed by atoms with Gasteiger partial charge in [-0.05, 0) is 30.9 Å². The lowest BCUT2D eigenvalue weighted by atomic mass is 10.0. The molecule has 0 saturated carbocycles. The quantitative estimate of drug-likeness (QED) is 0.790. The Morgan fingerprint density at radius 2 is 2.12 bits per heavy atom. The van der Waals surface area contributed by atoms with Crippen molar-refractivity contribution >= 4 is 5.91 Å². The van der Waals surface area contributed by atoms with E-state index in [2.05, 4.69) is 5.32 Å². The van der Waals surface area contributed by atoms with Gasteiger partial charge in [0.1, 0.15) is 0 Å². The molecule has 0 heterocycles.